The van der Waals surface area contributed by atoms with Crippen molar-refractivity contribution < 1.29 is 4.79 Å². The Bertz CT molecular complexity index is 1330. The van der Waals surface area contributed by atoms with E-state index in [9.17, 15) is 9.59 Å². The quantitative estimate of drug-likeness (QED) is 0.122. The van der Waals surface area contributed by atoms with Crippen molar-refractivity contribution in [3.8, 4) is 11.3 Å². The Labute approximate surface area is 223 Å². The van der Waals surface area contributed by atoms with Crippen molar-refractivity contribution in [3.05, 3.63) is 70.1 Å². The summed E-state index contributed by atoms with van der Waals surface area (Å²) in [6, 6.07) is 12.6. The van der Waals surface area contributed by atoms with E-state index < -0.39 is 5.56 Å². The van der Waals surface area contributed by atoms with Crippen LogP contribution in [0.3, 0.4) is 0 Å². The monoisotopic (exact) mass is 518 g/mol. The van der Waals surface area contributed by atoms with E-state index in [1.807, 2.05) is 26.0 Å². The molecule has 0 fully saturated rings. The van der Waals surface area contributed by atoms with Gasteiger partial charge < -0.3 is 27.4 Å². The Balaban J connectivity index is 1.88. The van der Waals surface area contributed by atoms with Gasteiger partial charge in [0, 0.05) is 41.6 Å². The van der Waals surface area contributed by atoms with Crippen molar-refractivity contribution in [1.82, 2.24) is 14.9 Å². The van der Waals surface area contributed by atoms with Gasteiger partial charge in [0.05, 0.1) is 11.9 Å². The molecule has 202 valence electrons. The van der Waals surface area contributed by atoms with Gasteiger partial charge in [0.15, 0.2) is 5.82 Å². The summed E-state index contributed by atoms with van der Waals surface area (Å²) in [7, 11) is 0. The average Bonchev–Trinajstić information content (AvgIpc) is 2.84. The zero-order chi connectivity index (χ0) is 27.8. The topological polar surface area (TPSA) is 164 Å². The number of amidine groups is 1. The van der Waals surface area contributed by atoms with Crippen molar-refractivity contribution in [2.75, 3.05) is 22.9 Å². The molecular weight excluding hydrogens is 480 g/mol. The molecule has 0 aliphatic rings. The number of carbonyl (C=O) groups excluding carboxylic acids is 1. The molecule has 0 bridgehead atoms. The Morgan fingerprint density at radius 2 is 1.82 bits per heavy atom. The number of nitrogen functional groups attached to an aromatic ring is 2. The van der Waals surface area contributed by atoms with Crippen LogP contribution in [0.1, 0.15) is 45.2 Å². The maximum atomic E-state index is 13.4. The number of nitrogens with two attached hydrogens (primary N) is 2. The van der Waals surface area contributed by atoms with Crippen LogP contribution < -0.4 is 33.0 Å². The summed E-state index contributed by atoms with van der Waals surface area (Å²) < 4.78 is 1.42. The smallest absolute Gasteiger partial charge is 0.294 e. The third-order valence-corrected chi connectivity index (χ3v) is 5.84. The summed E-state index contributed by atoms with van der Waals surface area (Å²) in [5.74, 6) is 0.389. The lowest BCUT2D eigenvalue weighted by molar-refractivity contribution is -0.121. The molecule has 1 heterocycles. The van der Waals surface area contributed by atoms with E-state index in [1.54, 1.807) is 36.5 Å². The minimum atomic E-state index is -0.395. The van der Waals surface area contributed by atoms with Crippen molar-refractivity contribution >= 4 is 28.9 Å². The molecule has 10 heteroatoms. The number of carbonyl (C=O) groups is 1. The highest BCUT2D eigenvalue weighted by Gasteiger charge is 2.16. The molecule has 38 heavy (non-hydrogen) atoms. The largest absolute Gasteiger partial charge is 0.399 e. The molecule has 0 spiro atoms. The fourth-order valence-corrected chi connectivity index (χ4v) is 3.86. The van der Waals surface area contributed by atoms with Crippen LogP contribution in [0.5, 0.6) is 0 Å². The Kier molecular flexibility index (Phi) is 9.48. The number of benzene rings is 2. The Morgan fingerprint density at radius 1 is 1.11 bits per heavy atom. The van der Waals surface area contributed by atoms with Gasteiger partial charge in [-0.15, -0.1) is 0 Å². The molecule has 0 saturated carbocycles. The third-order valence-electron chi connectivity index (χ3n) is 5.84. The first kappa shape index (κ1) is 28.2. The van der Waals surface area contributed by atoms with Crippen molar-refractivity contribution in [2.45, 2.75) is 53.2 Å². The second kappa shape index (κ2) is 12.8. The van der Waals surface area contributed by atoms with Crippen LogP contribution in [0.15, 0.2) is 53.5 Å². The number of amides is 1. The number of hydrogen-bond donors (Lipinski definition) is 6. The van der Waals surface area contributed by atoms with Gasteiger partial charge in [0.25, 0.3) is 5.56 Å². The number of hydrogen-bond acceptors (Lipinski definition) is 7. The molecular formula is C28H38N8O2. The number of nitrogens with zero attached hydrogens (tertiary/aromatic N) is 2. The van der Waals surface area contributed by atoms with E-state index in [1.165, 1.54) is 4.57 Å². The lowest BCUT2D eigenvalue weighted by atomic mass is 10.1. The maximum absolute atomic E-state index is 13.4. The van der Waals surface area contributed by atoms with Crippen LogP contribution in [0, 0.1) is 11.3 Å². The SMILES string of the molecule is CC(C)CCNc1cc(N)cc(-c2cnc(NC(C)C)c(=O)n2CC(=O)NCc2ccc(C(=N)N)cc2)c1. The lowest BCUT2D eigenvalue weighted by Gasteiger charge is -2.17. The summed E-state index contributed by atoms with van der Waals surface area (Å²) in [5.41, 5.74) is 15.3. The first-order chi connectivity index (χ1) is 18.0. The van der Waals surface area contributed by atoms with Gasteiger partial charge in [-0.25, -0.2) is 4.98 Å². The molecule has 1 amide bonds. The molecule has 2 aromatic carbocycles. The summed E-state index contributed by atoms with van der Waals surface area (Å²) in [4.78, 5) is 30.7. The van der Waals surface area contributed by atoms with Crippen molar-refractivity contribution in [1.29, 1.82) is 5.41 Å². The molecule has 3 rings (SSSR count). The molecule has 0 aliphatic carbocycles. The molecule has 8 N–H and O–H groups in total. The van der Waals surface area contributed by atoms with Crippen LogP contribution >= 0.6 is 0 Å². The van der Waals surface area contributed by atoms with E-state index in [0.717, 1.165) is 24.2 Å². The predicted molar refractivity (Wildman–Crippen MR) is 154 cm³/mol. The van der Waals surface area contributed by atoms with E-state index in [0.29, 0.717) is 28.4 Å². The van der Waals surface area contributed by atoms with E-state index in [-0.39, 0.29) is 36.7 Å². The van der Waals surface area contributed by atoms with Crippen LogP contribution in [-0.2, 0) is 17.9 Å². The molecule has 0 atom stereocenters. The minimum Gasteiger partial charge on any atom is -0.399 e. The Morgan fingerprint density at radius 3 is 2.45 bits per heavy atom. The minimum absolute atomic E-state index is 0.00886. The fraction of sp³-hybridized carbons (Fsp3) is 0.357. The van der Waals surface area contributed by atoms with Gasteiger partial charge >= 0.3 is 0 Å². The highest BCUT2D eigenvalue weighted by atomic mass is 16.2. The predicted octanol–water partition coefficient (Wildman–Crippen LogP) is 3.37. The molecule has 1 aromatic heterocycles. The first-order valence-corrected chi connectivity index (χ1v) is 12.7. The number of nitrogens with one attached hydrogen (secondary N) is 4. The van der Waals surface area contributed by atoms with Gasteiger partial charge in [0.1, 0.15) is 12.4 Å². The van der Waals surface area contributed by atoms with Gasteiger partial charge in [0.2, 0.25) is 5.91 Å². The third kappa shape index (κ3) is 7.83. The van der Waals surface area contributed by atoms with E-state index >= 15 is 0 Å². The maximum Gasteiger partial charge on any atom is 0.294 e. The van der Waals surface area contributed by atoms with Gasteiger partial charge in [-0.3, -0.25) is 19.6 Å². The molecule has 0 radical (unpaired) electrons. The molecule has 0 saturated heterocycles. The molecule has 0 unspecified atom stereocenters. The molecule has 3 aromatic rings. The standard InChI is InChI=1S/C28H38N8O2/c1-17(2)9-10-32-23-12-21(11-22(29)13-23)24-15-34-27(35-18(3)4)28(38)36(24)16-25(37)33-14-19-5-7-20(8-6-19)26(30)31/h5-8,11-13,15,17-18,32H,9-10,14,16,29H2,1-4H3,(H3,30,31)(H,33,37)(H,34,35). The van der Waals surface area contributed by atoms with E-state index in [4.69, 9.17) is 16.9 Å². The van der Waals surface area contributed by atoms with Crippen molar-refractivity contribution in [3.63, 3.8) is 0 Å². The van der Waals surface area contributed by atoms with E-state index in [2.05, 4.69) is 34.8 Å². The van der Waals surface area contributed by atoms with Gasteiger partial charge in [-0.05, 0) is 49.9 Å². The highest BCUT2D eigenvalue weighted by Crippen LogP contribution is 2.26. The number of anilines is 3. The lowest BCUT2D eigenvalue weighted by Crippen LogP contribution is -2.35. The molecule has 10 nitrogen and oxygen atoms in total. The van der Waals surface area contributed by atoms with Gasteiger partial charge in [-0.1, -0.05) is 38.1 Å². The second-order valence-corrected chi connectivity index (χ2v) is 10.0. The van der Waals surface area contributed by atoms with Crippen LogP contribution in [0.4, 0.5) is 17.2 Å². The Hall–Kier alpha value is -4.34. The first-order valence-electron chi connectivity index (χ1n) is 12.7. The van der Waals surface area contributed by atoms with Crippen LogP contribution in [0.2, 0.25) is 0 Å². The number of rotatable bonds is 12. The molecule has 0 aliphatic heterocycles. The van der Waals surface area contributed by atoms with Gasteiger partial charge in [-0.2, -0.15) is 0 Å². The highest BCUT2D eigenvalue weighted by molar-refractivity contribution is 5.94. The second-order valence-electron chi connectivity index (χ2n) is 10.0. The summed E-state index contributed by atoms with van der Waals surface area (Å²) in [6.45, 7) is 9.02. The van der Waals surface area contributed by atoms with Crippen LogP contribution in [-0.4, -0.2) is 33.9 Å². The number of aromatic nitrogens is 2. The van der Waals surface area contributed by atoms with Crippen molar-refractivity contribution in [2.24, 2.45) is 11.7 Å². The normalized spacial score (nSPS) is 11.0. The zero-order valence-corrected chi connectivity index (χ0v) is 22.5. The fourth-order valence-electron chi connectivity index (χ4n) is 3.86. The zero-order valence-electron chi connectivity index (χ0n) is 22.5. The summed E-state index contributed by atoms with van der Waals surface area (Å²) >= 11 is 0. The summed E-state index contributed by atoms with van der Waals surface area (Å²) in [6.07, 6.45) is 2.59. The summed E-state index contributed by atoms with van der Waals surface area (Å²) in [5, 5.41) is 16.8. The van der Waals surface area contributed by atoms with Crippen LogP contribution in [0.25, 0.3) is 11.3 Å². The average molecular weight is 519 g/mol.